The monoisotopic (exact) mass is 155 g/mol. The third-order valence-electron chi connectivity index (χ3n) is 1.12. The van der Waals surface area contributed by atoms with E-state index >= 15 is 0 Å². The number of rotatable bonds is 1. The minimum absolute atomic E-state index is 0.766. The highest BCUT2D eigenvalue weighted by atomic mass is 31.4. The van der Waals surface area contributed by atoms with Gasteiger partial charge in [-0.25, -0.2) is 0 Å². The van der Waals surface area contributed by atoms with Gasteiger partial charge in [0.05, 0.1) is 0 Å². The van der Waals surface area contributed by atoms with Gasteiger partial charge in [-0.3, -0.25) is 0 Å². The Morgan fingerprint density at radius 3 is 2.11 bits per heavy atom. The molecule has 0 aromatic heterocycles. The largest absolute Gasteiger partial charge is 0.304 e. The maximum atomic E-state index is 10.9. The molecule has 0 radical (unpaired) electrons. The van der Waals surface area contributed by atoms with E-state index in [1.54, 1.807) is 0 Å². The fraction of sp³-hybridized carbons (Fsp3) is 0. The predicted octanol–water partition coefficient (Wildman–Crippen LogP) is 0.420. The zero-order chi connectivity index (χ0) is 6.69. The van der Waals surface area contributed by atoms with Crippen LogP contribution >= 0.6 is 7.35 Å². The van der Waals surface area contributed by atoms with Gasteiger partial charge >= 0.3 is 9.91 Å². The zero-order valence-corrected chi connectivity index (χ0v) is 8.14. The summed E-state index contributed by atoms with van der Waals surface area (Å²) < 4.78 is 10.9. The first-order valence-electron chi connectivity index (χ1n) is 2.76. The van der Waals surface area contributed by atoms with E-state index in [2.05, 4.69) is 0 Å². The Labute approximate surface area is 58.2 Å². The average molecular weight is 155 g/mol. The lowest BCUT2D eigenvalue weighted by molar-refractivity contribution is 0.600. The van der Waals surface area contributed by atoms with Gasteiger partial charge in [0.25, 0.3) is 7.35 Å². The molecule has 0 aliphatic carbocycles. The Bertz CT molecular complexity index is 210. The number of benzene rings is 1. The maximum absolute atomic E-state index is 10.9. The van der Waals surface area contributed by atoms with E-state index in [9.17, 15) is 4.57 Å². The molecule has 46 valence electrons. The zero-order valence-electron chi connectivity index (χ0n) is 5.24. The van der Waals surface area contributed by atoms with E-state index in [1.807, 2.05) is 30.3 Å². The Morgan fingerprint density at radius 2 is 1.78 bits per heavy atom. The van der Waals surface area contributed by atoms with E-state index < -0.39 is 7.35 Å². The van der Waals surface area contributed by atoms with Crippen LogP contribution in [0.15, 0.2) is 30.3 Å². The van der Waals surface area contributed by atoms with Crippen molar-refractivity contribution in [2.45, 2.75) is 0 Å². The van der Waals surface area contributed by atoms with Gasteiger partial charge in [0.2, 0.25) is 0 Å². The summed E-state index contributed by atoms with van der Waals surface area (Å²) >= 11 is 0. The number of hydrogen-bond acceptors (Lipinski definition) is 1. The molecule has 0 fully saturated rings. The summed E-state index contributed by atoms with van der Waals surface area (Å²) in [6, 6.07) is 9.59. The van der Waals surface area contributed by atoms with E-state index in [-0.39, 0.29) is 0 Å². The normalized spacial score (nSPS) is 11.3. The van der Waals surface area contributed by atoms with Gasteiger partial charge in [0.15, 0.2) is 5.30 Å². The molecule has 1 nitrogen and oxygen atoms in total. The molecule has 1 atom stereocenters. The molecule has 0 bridgehead atoms. The summed E-state index contributed by atoms with van der Waals surface area (Å²) in [7, 11) is -0.241. The van der Waals surface area contributed by atoms with Crippen molar-refractivity contribution in [3.8, 4) is 0 Å². The lowest BCUT2D eigenvalue weighted by Gasteiger charge is -1.79. The van der Waals surface area contributed by atoms with Crippen LogP contribution in [0.5, 0.6) is 0 Å². The van der Waals surface area contributed by atoms with Crippen LogP contribution in [0.3, 0.4) is 0 Å². The van der Waals surface area contributed by atoms with Crippen molar-refractivity contribution in [1.82, 2.24) is 0 Å². The Balaban J connectivity index is 2.98. The van der Waals surface area contributed by atoms with Gasteiger partial charge in [-0.2, -0.15) is 0 Å². The Hall–Kier alpha value is -0.463. The average Bonchev–Trinajstić information content (AvgIpc) is 1.90. The summed E-state index contributed by atoms with van der Waals surface area (Å²) in [4.78, 5) is 0. The molecular weight excluding hydrogens is 147 g/mol. The van der Waals surface area contributed by atoms with E-state index in [4.69, 9.17) is 0 Å². The molecule has 0 heterocycles. The Kier molecular flexibility index (Phi) is 2.14. The lowest BCUT2D eigenvalue weighted by atomic mass is 10.4. The topological polar surface area (TPSA) is 17.1 Å². The summed E-state index contributed by atoms with van der Waals surface area (Å²) in [6.07, 6.45) is 0. The van der Waals surface area contributed by atoms with Crippen LogP contribution in [0, 0.1) is 0 Å². The van der Waals surface area contributed by atoms with Crippen molar-refractivity contribution in [2.24, 2.45) is 0 Å². The van der Waals surface area contributed by atoms with Crippen molar-refractivity contribution < 1.29 is 4.57 Å². The number of hydrogen-bond donors (Lipinski definition) is 0. The second-order valence-corrected chi connectivity index (χ2v) is 5.78. The highest BCUT2D eigenvalue weighted by Gasteiger charge is 2.06. The summed E-state index contributed by atoms with van der Waals surface area (Å²) in [5.41, 5.74) is 0. The Morgan fingerprint density at radius 1 is 1.22 bits per heavy atom. The van der Waals surface area contributed by atoms with Crippen LogP contribution in [0.2, 0.25) is 0 Å². The van der Waals surface area contributed by atoms with Crippen LogP contribution in [0.4, 0.5) is 0 Å². The van der Waals surface area contributed by atoms with Gasteiger partial charge in [0, 0.05) is 0 Å². The molecule has 0 N–H and O–H groups in total. The second kappa shape index (κ2) is 2.90. The van der Waals surface area contributed by atoms with Crippen LogP contribution < -0.4 is 5.30 Å². The van der Waals surface area contributed by atoms with Crippen LogP contribution in [0.1, 0.15) is 0 Å². The lowest BCUT2D eigenvalue weighted by Crippen LogP contribution is -1.91. The molecule has 1 aromatic rings. The van der Waals surface area contributed by atoms with Gasteiger partial charge < -0.3 is 0 Å². The van der Waals surface area contributed by atoms with Crippen LogP contribution in [-0.4, -0.2) is 9.91 Å². The molecule has 3 heteroatoms. The molecule has 0 saturated heterocycles. The molecule has 0 amide bonds. The molecule has 0 aliphatic rings. The van der Waals surface area contributed by atoms with Gasteiger partial charge in [-0.15, -0.1) is 0 Å². The minimum atomic E-state index is -1.01. The van der Waals surface area contributed by atoms with E-state index in [0.29, 0.717) is 0 Å². The van der Waals surface area contributed by atoms with Gasteiger partial charge in [-0.05, 0) is 12.1 Å². The first-order chi connectivity index (χ1) is 4.30. The van der Waals surface area contributed by atoms with Crippen molar-refractivity contribution in [1.29, 1.82) is 0 Å². The van der Waals surface area contributed by atoms with Gasteiger partial charge in [-0.1, -0.05) is 22.8 Å². The first kappa shape index (κ1) is 6.65. The molecule has 0 saturated carbocycles. The van der Waals surface area contributed by atoms with Crippen molar-refractivity contribution in [3.63, 3.8) is 0 Å². The quantitative estimate of drug-likeness (QED) is 0.424. The molecule has 1 aromatic carbocycles. The third-order valence-corrected chi connectivity index (χ3v) is 3.69. The summed E-state index contributed by atoms with van der Waals surface area (Å²) in [5.74, 6) is 0. The second-order valence-electron chi connectivity index (χ2n) is 1.83. The summed E-state index contributed by atoms with van der Waals surface area (Å²) in [5, 5.41) is 0.985. The van der Waals surface area contributed by atoms with Crippen LogP contribution in [-0.2, 0) is 4.57 Å². The third kappa shape index (κ3) is 1.74. The fourth-order valence-corrected chi connectivity index (χ4v) is 2.12. The molecule has 0 spiro atoms. The molecule has 1 rings (SSSR count). The first-order valence-corrected chi connectivity index (χ1v) is 7.15. The smallest absolute Gasteiger partial charge is 0.0887 e. The molecule has 0 aliphatic heterocycles. The highest BCUT2D eigenvalue weighted by Crippen LogP contribution is 2.09. The van der Waals surface area contributed by atoms with Crippen molar-refractivity contribution in [3.05, 3.63) is 30.3 Å². The molecular formula is C6H8OPSi+. The standard InChI is InChI=1S/C6H8OPSi/c7-8(9)6-4-2-1-3-5-6/h1-5H,9H3/q+1. The van der Waals surface area contributed by atoms with Crippen molar-refractivity contribution in [2.75, 3.05) is 0 Å². The van der Waals surface area contributed by atoms with Crippen molar-refractivity contribution >= 4 is 22.6 Å². The van der Waals surface area contributed by atoms with Gasteiger partial charge in [0.1, 0.15) is 0 Å². The van der Waals surface area contributed by atoms with Crippen LogP contribution in [0.25, 0.3) is 0 Å². The molecule has 1 unspecified atom stereocenters. The SMILES string of the molecule is O=[P+]([SiH3])c1ccccc1. The van der Waals surface area contributed by atoms with E-state index in [0.717, 1.165) is 15.2 Å². The maximum Gasteiger partial charge on any atom is 0.304 e. The molecule has 9 heavy (non-hydrogen) atoms. The van der Waals surface area contributed by atoms with E-state index in [1.165, 1.54) is 0 Å². The predicted molar refractivity (Wildman–Crippen MR) is 43.6 cm³/mol. The fourth-order valence-electron chi connectivity index (χ4n) is 0.638. The highest BCUT2D eigenvalue weighted by molar-refractivity contribution is 7.78. The summed E-state index contributed by atoms with van der Waals surface area (Å²) in [6.45, 7) is 0. The minimum Gasteiger partial charge on any atom is -0.0887 e.